The highest BCUT2D eigenvalue weighted by molar-refractivity contribution is 4.40. The molecule has 0 spiro atoms. The molecule has 0 heterocycles. The molecule has 0 radical (unpaired) electrons. The first kappa shape index (κ1) is 10.9. The average Bonchev–Trinajstić information content (AvgIpc) is 1.53. The molecule has 3 nitrogen and oxygen atoms in total. The molecular weight excluding hydrogens is 138 g/mol. The van der Waals surface area contributed by atoms with Gasteiger partial charge >= 0.3 is 0 Å². The van der Waals surface area contributed by atoms with E-state index in [0.717, 1.165) is 17.8 Å². The van der Waals surface area contributed by atoms with E-state index in [1.165, 1.54) is 0 Å². The number of rotatable bonds is 4. The summed E-state index contributed by atoms with van der Waals surface area (Å²) in [4.78, 5) is 4.48. The second-order valence-corrected chi connectivity index (χ2v) is 4.51. The quantitative estimate of drug-likeness (QED) is 0.425. The van der Waals surface area contributed by atoms with Gasteiger partial charge in [-0.15, -0.1) is 0 Å². The number of nitrogens with zero attached hydrogens (tertiary/aromatic N) is 3. The lowest BCUT2D eigenvalue weighted by atomic mass is 10.6. The molecule has 0 fully saturated rings. The monoisotopic (exact) mass is 160 g/mol. The lowest BCUT2D eigenvalue weighted by Gasteiger charge is -2.30. The molecule has 0 amide bonds. The van der Waals surface area contributed by atoms with Crippen molar-refractivity contribution in [2.45, 2.75) is 0 Å². The van der Waals surface area contributed by atoms with E-state index in [2.05, 4.69) is 52.1 Å². The van der Waals surface area contributed by atoms with Crippen molar-refractivity contribution >= 4 is 0 Å². The van der Waals surface area contributed by atoms with Gasteiger partial charge in [-0.25, -0.2) is 4.90 Å². The smallest absolute Gasteiger partial charge is 0.135 e. The fourth-order valence-corrected chi connectivity index (χ4v) is 1.25. The third kappa shape index (κ3) is 7.78. The van der Waals surface area contributed by atoms with Crippen LogP contribution in [0.25, 0.3) is 0 Å². The minimum absolute atomic E-state index is 0.990. The van der Waals surface area contributed by atoms with Crippen LogP contribution in [0.4, 0.5) is 0 Å². The van der Waals surface area contributed by atoms with Gasteiger partial charge in [-0.2, -0.15) is 0 Å². The molecule has 0 rings (SSSR count). The van der Waals surface area contributed by atoms with Gasteiger partial charge in [0.1, 0.15) is 6.67 Å². The minimum Gasteiger partial charge on any atom is -0.318 e. The van der Waals surface area contributed by atoms with E-state index in [1.54, 1.807) is 0 Å². The van der Waals surface area contributed by atoms with Crippen LogP contribution in [-0.2, 0) is 0 Å². The molecule has 3 heteroatoms. The van der Waals surface area contributed by atoms with E-state index in [9.17, 15) is 0 Å². The van der Waals surface area contributed by atoms with Gasteiger partial charge in [-0.05, 0) is 21.1 Å². The van der Waals surface area contributed by atoms with Crippen LogP contribution in [0.15, 0.2) is 0 Å². The van der Waals surface area contributed by atoms with Gasteiger partial charge in [0.15, 0.2) is 0 Å². The molecule has 0 unspecified atom stereocenters. The molecule has 0 atom stereocenters. The summed E-state index contributed by atoms with van der Waals surface area (Å²) in [6, 6.07) is 0. The molecule has 68 valence electrons. The Morgan fingerprint density at radius 3 is 1.73 bits per heavy atom. The number of quaternary nitrogens is 1. The predicted molar refractivity (Wildman–Crippen MR) is 49.2 cm³/mol. The SMILES string of the molecule is CN(C)CN(C)C[N+](C)(C)C. The summed E-state index contributed by atoms with van der Waals surface area (Å²) < 4.78 is 0.990. The molecule has 0 N–H and O–H groups in total. The second kappa shape index (κ2) is 4.04. The highest BCUT2D eigenvalue weighted by Gasteiger charge is 2.10. The van der Waals surface area contributed by atoms with Crippen LogP contribution >= 0.6 is 0 Å². The zero-order chi connectivity index (χ0) is 9.07. The highest BCUT2D eigenvalue weighted by Crippen LogP contribution is 1.93. The Bertz CT molecular complexity index is 104. The predicted octanol–water partition coefficient (Wildman–Crippen LogP) is 0.101. The zero-order valence-corrected chi connectivity index (χ0v) is 8.76. The minimum atomic E-state index is 0.990. The van der Waals surface area contributed by atoms with Crippen LogP contribution in [0.2, 0.25) is 0 Å². The van der Waals surface area contributed by atoms with Crippen LogP contribution < -0.4 is 0 Å². The molecule has 0 aliphatic carbocycles. The van der Waals surface area contributed by atoms with Gasteiger partial charge in [0.05, 0.1) is 27.8 Å². The Labute approximate surface area is 70.8 Å². The first-order valence-corrected chi connectivity index (χ1v) is 3.95. The normalized spacial score (nSPS) is 13.1. The highest BCUT2D eigenvalue weighted by atomic mass is 15.4. The number of hydrogen-bond donors (Lipinski definition) is 0. The summed E-state index contributed by atoms with van der Waals surface area (Å²) in [5.41, 5.74) is 0. The zero-order valence-electron chi connectivity index (χ0n) is 8.76. The van der Waals surface area contributed by atoms with E-state index in [0.29, 0.717) is 0 Å². The van der Waals surface area contributed by atoms with Crippen LogP contribution in [0, 0.1) is 0 Å². The third-order valence-corrected chi connectivity index (χ3v) is 1.19. The molecular formula is C8H22N3+. The van der Waals surface area contributed by atoms with Crippen LogP contribution in [0.1, 0.15) is 0 Å². The van der Waals surface area contributed by atoms with Crippen molar-refractivity contribution in [3.63, 3.8) is 0 Å². The number of hydrogen-bond acceptors (Lipinski definition) is 2. The molecule has 0 aromatic heterocycles. The summed E-state index contributed by atoms with van der Waals surface area (Å²) in [7, 11) is 12.9. The van der Waals surface area contributed by atoms with Gasteiger partial charge in [0, 0.05) is 0 Å². The molecule has 0 bridgehead atoms. The summed E-state index contributed by atoms with van der Waals surface area (Å²) in [5, 5.41) is 0. The van der Waals surface area contributed by atoms with Crippen molar-refractivity contribution in [2.75, 3.05) is 55.6 Å². The Morgan fingerprint density at radius 2 is 1.45 bits per heavy atom. The maximum atomic E-state index is 2.31. The van der Waals surface area contributed by atoms with Gasteiger partial charge in [-0.3, -0.25) is 4.90 Å². The molecule has 11 heavy (non-hydrogen) atoms. The van der Waals surface area contributed by atoms with Crippen LogP contribution in [0.5, 0.6) is 0 Å². The van der Waals surface area contributed by atoms with Gasteiger partial charge < -0.3 is 4.48 Å². The molecule has 0 aliphatic heterocycles. The first-order valence-electron chi connectivity index (χ1n) is 3.95. The van der Waals surface area contributed by atoms with Crippen molar-refractivity contribution in [3.05, 3.63) is 0 Å². The standard InChI is InChI=1S/C8H22N3/c1-9(2)7-10(3)8-11(4,5)6/h7-8H2,1-6H3/q+1. The largest absolute Gasteiger partial charge is 0.318 e. The summed E-state index contributed by atoms with van der Waals surface area (Å²) >= 11 is 0. The van der Waals surface area contributed by atoms with Gasteiger partial charge in [0.2, 0.25) is 0 Å². The van der Waals surface area contributed by atoms with E-state index in [4.69, 9.17) is 0 Å². The molecule has 0 aromatic rings. The van der Waals surface area contributed by atoms with Crippen molar-refractivity contribution < 1.29 is 4.48 Å². The molecule has 0 aromatic carbocycles. The van der Waals surface area contributed by atoms with Crippen molar-refractivity contribution in [2.24, 2.45) is 0 Å². The lowest BCUT2D eigenvalue weighted by Crippen LogP contribution is -2.46. The van der Waals surface area contributed by atoms with E-state index >= 15 is 0 Å². The Morgan fingerprint density at radius 1 is 1.00 bits per heavy atom. The van der Waals surface area contributed by atoms with E-state index in [1.807, 2.05) is 0 Å². The lowest BCUT2D eigenvalue weighted by molar-refractivity contribution is -0.880. The summed E-state index contributed by atoms with van der Waals surface area (Å²) in [5.74, 6) is 0. The second-order valence-electron chi connectivity index (χ2n) is 4.51. The average molecular weight is 160 g/mol. The van der Waals surface area contributed by atoms with E-state index < -0.39 is 0 Å². The fraction of sp³-hybridized carbons (Fsp3) is 1.00. The first-order chi connectivity index (χ1) is 4.81. The third-order valence-electron chi connectivity index (χ3n) is 1.19. The van der Waals surface area contributed by atoms with Crippen LogP contribution in [-0.4, -0.2) is 69.9 Å². The van der Waals surface area contributed by atoms with Crippen molar-refractivity contribution in [1.82, 2.24) is 9.80 Å². The van der Waals surface area contributed by atoms with Crippen LogP contribution in [0.3, 0.4) is 0 Å². The van der Waals surface area contributed by atoms with Gasteiger partial charge in [-0.1, -0.05) is 0 Å². The van der Waals surface area contributed by atoms with Crippen molar-refractivity contribution in [1.29, 1.82) is 0 Å². The maximum Gasteiger partial charge on any atom is 0.135 e. The van der Waals surface area contributed by atoms with Gasteiger partial charge in [0.25, 0.3) is 0 Å². The van der Waals surface area contributed by atoms with E-state index in [-0.39, 0.29) is 0 Å². The Hall–Kier alpha value is -0.120. The fourth-order valence-electron chi connectivity index (χ4n) is 1.25. The topological polar surface area (TPSA) is 6.48 Å². The molecule has 0 saturated heterocycles. The van der Waals surface area contributed by atoms with Crippen molar-refractivity contribution in [3.8, 4) is 0 Å². The maximum absolute atomic E-state index is 2.31. The summed E-state index contributed by atoms with van der Waals surface area (Å²) in [6.45, 7) is 2.10. The Kier molecular flexibility index (Phi) is 4.00. The Balaban J connectivity index is 3.61. The summed E-state index contributed by atoms with van der Waals surface area (Å²) in [6.07, 6.45) is 0. The molecule has 0 aliphatic rings. The molecule has 0 saturated carbocycles.